The highest BCUT2D eigenvalue weighted by atomic mass is 79.9. The van der Waals surface area contributed by atoms with Gasteiger partial charge < -0.3 is 10.3 Å². The highest BCUT2D eigenvalue weighted by Gasteiger charge is 2.19. The standard InChI is InChI=1S/C13H16BrN3O/c1-8-6-12-11(7-10(8)14)16-13(18)17(12)9-2-4-15-5-3-9/h6-7,9,15H,2-5H2,1H3,(H,16,18). The fraction of sp³-hybridized carbons (Fsp3) is 0.462. The Kier molecular flexibility index (Phi) is 3.03. The van der Waals surface area contributed by atoms with Gasteiger partial charge in [0.05, 0.1) is 11.0 Å². The van der Waals surface area contributed by atoms with Gasteiger partial charge in [0, 0.05) is 10.5 Å². The van der Waals surface area contributed by atoms with Gasteiger partial charge in [0.1, 0.15) is 0 Å². The van der Waals surface area contributed by atoms with E-state index in [1.165, 1.54) is 0 Å². The van der Waals surface area contributed by atoms with Crippen LogP contribution in [0.4, 0.5) is 0 Å². The van der Waals surface area contributed by atoms with Gasteiger partial charge in [0.25, 0.3) is 0 Å². The molecular formula is C13H16BrN3O. The summed E-state index contributed by atoms with van der Waals surface area (Å²) in [5.74, 6) is 0. The summed E-state index contributed by atoms with van der Waals surface area (Å²) >= 11 is 3.50. The zero-order chi connectivity index (χ0) is 12.7. The van der Waals surface area contributed by atoms with Gasteiger partial charge in [-0.1, -0.05) is 15.9 Å². The van der Waals surface area contributed by atoms with Crippen molar-refractivity contribution in [2.75, 3.05) is 13.1 Å². The van der Waals surface area contributed by atoms with Crippen LogP contribution in [0.5, 0.6) is 0 Å². The third-order valence-corrected chi connectivity index (χ3v) is 4.53. The summed E-state index contributed by atoms with van der Waals surface area (Å²) in [7, 11) is 0. The number of aromatic nitrogens is 2. The summed E-state index contributed by atoms with van der Waals surface area (Å²) in [5, 5.41) is 3.33. The topological polar surface area (TPSA) is 49.8 Å². The maximum Gasteiger partial charge on any atom is 0.326 e. The van der Waals surface area contributed by atoms with Gasteiger partial charge in [0.2, 0.25) is 0 Å². The van der Waals surface area contributed by atoms with Crippen LogP contribution in [0.2, 0.25) is 0 Å². The Morgan fingerprint density at radius 3 is 2.78 bits per heavy atom. The largest absolute Gasteiger partial charge is 0.326 e. The molecule has 0 bridgehead atoms. The average molecular weight is 310 g/mol. The van der Waals surface area contributed by atoms with Crippen molar-refractivity contribution in [1.29, 1.82) is 0 Å². The van der Waals surface area contributed by atoms with Crippen molar-refractivity contribution < 1.29 is 0 Å². The molecule has 1 aromatic heterocycles. The number of halogens is 1. The zero-order valence-electron chi connectivity index (χ0n) is 10.3. The van der Waals surface area contributed by atoms with E-state index in [1.807, 2.05) is 17.6 Å². The lowest BCUT2D eigenvalue weighted by atomic mass is 10.1. The molecule has 0 radical (unpaired) electrons. The minimum Gasteiger partial charge on any atom is -0.317 e. The Morgan fingerprint density at radius 2 is 2.06 bits per heavy atom. The molecule has 5 heteroatoms. The summed E-state index contributed by atoms with van der Waals surface area (Å²) in [4.78, 5) is 15.1. The lowest BCUT2D eigenvalue weighted by Gasteiger charge is -2.23. The molecule has 3 rings (SSSR count). The predicted molar refractivity (Wildman–Crippen MR) is 76.1 cm³/mol. The van der Waals surface area contributed by atoms with E-state index < -0.39 is 0 Å². The molecule has 0 saturated carbocycles. The van der Waals surface area contributed by atoms with Crippen molar-refractivity contribution in [2.45, 2.75) is 25.8 Å². The van der Waals surface area contributed by atoms with Crippen LogP contribution in [0.15, 0.2) is 21.4 Å². The van der Waals surface area contributed by atoms with Crippen molar-refractivity contribution in [3.05, 3.63) is 32.7 Å². The number of nitrogens with one attached hydrogen (secondary N) is 2. The predicted octanol–water partition coefficient (Wildman–Crippen LogP) is 2.33. The van der Waals surface area contributed by atoms with Crippen molar-refractivity contribution in [3.8, 4) is 0 Å². The zero-order valence-corrected chi connectivity index (χ0v) is 11.9. The Hall–Kier alpha value is -1.07. The van der Waals surface area contributed by atoms with E-state index in [9.17, 15) is 4.79 Å². The highest BCUT2D eigenvalue weighted by molar-refractivity contribution is 9.10. The molecule has 2 aromatic rings. The number of hydrogen-bond acceptors (Lipinski definition) is 2. The molecule has 0 amide bonds. The molecule has 1 saturated heterocycles. The molecule has 1 aliphatic rings. The van der Waals surface area contributed by atoms with Gasteiger partial charge in [-0.15, -0.1) is 0 Å². The number of H-pyrrole nitrogens is 1. The molecule has 2 heterocycles. The van der Waals surface area contributed by atoms with E-state index in [4.69, 9.17) is 0 Å². The van der Waals surface area contributed by atoms with E-state index in [-0.39, 0.29) is 5.69 Å². The molecule has 96 valence electrons. The lowest BCUT2D eigenvalue weighted by Crippen LogP contribution is -2.33. The van der Waals surface area contributed by atoms with Crippen LogP contribution in [0.25, 0.3) is 11.0 Å². The number of rotatable bonds is 1. The van der Waals surface area contributed by atoms with E-state index in [1.54, 1.807) is 0 Å². The van der Waals surface area contributed by atoms with Gasteiger partial charge in [-0.25, -0.2) is 4.79 Å². The molecule has 0 atom stereocenters. The second kappa shape index (κ2) is 4.55. The van der Waals surface area contributed by atoms with Crippen LogP contribution in [0.3, 0.4) is 0 Å². The van der Waals surface area contributed by atoms with Crippen molar-refractivity contribution >= 4 is 27.0 Å². The SMILES string of the molecule is Cc1cc2c(cc1Br)[nH]c(=O)n2C1CCNCC1. The van der Waals surface area contributed by atoms with Gasteiger partial charge in [0.15, 0.2) is 0 Å². The first-order chi connectivity index (χ1) is 8.66. The Morgan fingerprint density at radius 1 is 1.33 bits per heavy atom. The molecule has 0 aliphatic carbocycles. The number of nitrogens with zero attached hydrogens (tertiary/aromatic N) is 1. The number of fused-ring (bicyclic) bond motifs is 1. The fourth-order valence-electron chi connectivity index (χ4n) is 2.68. The molecule has 4 nitrogen and oxygen atoms in total. The first kappa shape index (κ1) is 12.0. The van der Waals surface area contributed by atoms with Crippen molar-refractivity contribution in [3.63, 3.8) is 0 Å². The van der Waals surface area contributed by atoms with Crippen LogP contribution < -0.4 is 11.0 Å². The average Bonchev–Trinajstić information content (AvgIpc) is 2.66. The second-order valence-electron chi connectivity index (χ2n) is 4.90. The van der Waals surface area contributed by atoms with E-state index in [0.717, 1.165) is 47.0 Å². The van der Waals surface area contributed by atoms with Crippen LogP contribution >= 0.6 is 15.9 Å². The summed E-state index contributed by atoms with van der Waals surface area (Å²) in [6, 6.07) is 4.39. The fourth-order valence-corrected chi connectivity index (χ4v) is 3.02. The van der Waals surface area contributed by atoms with Crippen molar-refractivity contribution in [1.82, 2.24) is 14.9 Å². The molecule has 0 spiro atoms. The minimum atomic E-state index is 0.00870. The molecule has 2 N–H and O–H groups in total. The normalized spacial score (nSPS) is 17.4. The Bertz CT molecular complexity index is 637. The van der Waals surface area contributed by atoms with Gasteiger partial charge in [-0.3, -0.25) is 4.57 Å². The van der Waals surface area contributed by atoms with Gasteiger partial charge in [-0.2, -0.15) is 0 Å². The maximum atomic E-state index is 12.1. The van der Waals surface area contributed by atoms with E-state index >= 15 is 0 Å². The molecule has 0 unspecified atom stereocenters. The number of piperidine rings is 1. The summed E-state index contributed by atoms with van der Waals surface area (Å²) < 4.78 is 2.96. The molecule has 18 heavy (non-hydrogen) atoms. The summed E-state index contributed by atoms with van der Waals surface area (Å²) in [6.07, 6.45) is 2.03. The monoisotopic (exact) mass is 309 g/mol. The Labute approximate surface area is 114 Å². The van der Waals surface area contributed by atoms with Crippen molar-refractivity contribution in [2.24, 2.45) is 0 Å². The van der Waals surface area contributed by atoms with Gasteiger partial charge in [-0.05, 0) is 50.6 Å². The van der Waals surface area contributed by atoms with Crippen LogP contribution in [0.1, 0.15) is 24.4 Å². The number of aryl methyl sites for hydroxylation is 1. The van der Waals surface area contributed by atoms with E-state index in [2.05, 4.69) is 32.3 Å². The number of imidazole rings is 1. The number of benzene rings is 1. The molecule has 1 fully saturated rings. The summed E-state index contributed by atoms with van der Waals surface area (Å²) in [5.41, 5.74) is 3.10. The molecular weight excluding hydrogens is 294 g/mol. The smallest absolute Gasteiger partial charge is 0.317 e. The quantitative estimate of drug-likeness (QED) is 0.849. The first-order valence-corrected chi connectivity index (χ1v) is 7.07. The third kappa shape index (κ3) is 1.91. The van der Waals surface area contributed by atoms with Crippen LogP contribution in [-0.2, 0) is 0 Å². The molecule has 1 aliphatic heterocycles. The third-order valence-electron chi connectivity index (χ3n) is 3.67. The van der Waals surface area contributed by atoms with Gasteiger partial charge >= 0.3 is 5.69 Å². The highest BCUT2D eigenvalue weighted by Crippen LogP contribution is 2.26. The van der Waals surface area contributed by atoms with E-state index in [0.29, 0.717) is 6.04 Å². The van der Waals surface area contributed by atoms with Crippen LogP contribution in [0, 0.1) is 6.92 Å². The Balaban J connectivity index is 2.18. The second-order valence-corrected chi connectivity index (χ2v) is 5.75. The maximum absolute atomic E-state index is 12.1. The number of aromatic amines is 1. The number of hydrogen-bond donors (Lipinski definition) is 2. The summed E-state index contributed by atoms with van der Waals surface area (Å²) in [6.45, 7) is 4.02. The first-order valence-electron chi connectivity index (χ1n) is 6.28. The molecule has 1 aromatic carbocycles. The lowest BCUT2D eigenvalue weighted by molar-refractivity contribution is 0.368. The minimum absolute atomic E-state index is 0.00870. The van der Waals surface area contributed by atoms with Crippen LogP contribution in [-0.4, -0.2) is 22.6 Å².